The van der Waals surface area contributed by atoms with Gasteiger partial charge in [-0.15, -0.1) is 0 Å². The monoisotopic (exact) mass is 291 g/mol. The Balaban J connectivity index is 2.38. The molecule has 1 amide bonds. The van der Waals surface area contributed by atoms with E-state index in [4.69, 9.17) is 5.73 Å². The van der Waals surface area contributed by atoms with Crippen LogP contribution >= 0.6 is 0 Å². The van der Waals surface area contributed by atoms with Gasteiger partial charge in [0.05, 0.1) is 0 Å². The van der Waals surface area contributed by atoms with E-state index in [2.05, 4.69) is 31.0 Å². The van der Waals surface area contributed by atoms with E-state index in [0.717, 1.165) is 30.9 Å². The normalized spacial score (nSPS) is 12.4. The second-order valence-electron chi connectivity index (χ2n) is 5.61. The van der Waals surface area contributed by atoms with Gasteiger partial charge in [0, 0.05) is 31.7 Å². The molecule has 1 rings (SSSR count). The van der Waals surface area contributed by atoms with Crippen LogP contribution in [0.2, 0.25) is 0 Å². The summed E-state index contributed by atoms with van der Waals surface area (Å²) in [5, 5.41) is 2.93. The van der Waals surface area contributed by atoms with E-state index in [1.165, 1.54) is 6.42 Å². The van der Waals surface area contributed by atoms with Gasteiger partial charge in [-0.3, -0.25) is 4.79 Å². The lowest BCUT2D eigenvalue weighted by atomic mass is 10.1. The van der Waals surface area contributed by atoms with Crippen molar-refractivity contribution in [1.82, 2.24) is 4.90 Å². The fourth-order valence-corrected chi connectivity index (χ4v) is 2.16. The number of nitrogens with two attached hydrogens (primary N) is 1. The van der Waals surface area contributed by atoms with Crippen molar-refractivity contribution in [2.24, 2.45) is 11.7 Å². The van der Waals surface area contributed by atoms with Crippen LogP contribution in [-0.4, -0.2) is 30.4 Å². The number of rotatable bonds is 9. The Morgan fingerprint density at radius 3 is 2.48 bits per heavy atom. The molecule has 4 nitrogen and oxygen atoms in total. The molecule has 0 radical (unpaired) electrons. The zero-order valence-electron chi connectivity index (χ0n) is 13.6. The number of carbonyl (C=O) groups excluding carboxylic acids is 1. The Morgan fingerprint density at radius 2 is 1.95 bits per heavy atom. The van der Waals surface area contributed by atoms with E-state index in [-0.39, 0.29) is 5.91 Å². The van der Waals surface area contributed by atoms with Crippen molar-refractivity contribution in [2.75, 3.05) is 25.0 Å². The molecule has 118 valence electrons. The lowest BCUT2D eigenvalue weighted by molar-refractivity contribution is -0.116. The van der Waals surface area contributed by atoms with Crippen molar-refractivity contribution in [3.8, 4) is 0 Å². The highest BCUT2D eigenvalue weighted by Gasteiger charge is 2.10. The molecule has 3 N–H and O–H groups in total. The van der Waals surface area contributed by atoms with Gasteiger partial charge in [-0.2, -0.15) is 0 Å². The van der Waals surface area contributed by atoms with Crippen LogP contribution in [-0.2, 0) is 11.3 Å². The highest BCUT2D eigenvalue weighted by atomic mass is 16.1. The molecule has 1 aromatic carbocycles. The average molecular weight is 291 g/mol. The van der Waals surface area contributed by atoms with Crippen LogP contribution in [0.3, 0.4) is 0 Å². The topological polar surface area (TPSA) is 58.4 Å². The predicted octanol–water partition coefficient (Wildman–Crippen LogP) is 2.84. The van der Waals surface area contributed by atoms with Crippen molar-refractivity contribution < 1.29 is 4.79 Å². The summed E-state index contributed by atoms with van der Waals surface area (Å²) in [6.07, 6.45) is 1.71. The van der Waals surface area contributed by atoms with Gasteiger partial charge in [-0.05, 0) is 30.2 Å². The second-order valence-corrected chi connectivity index (χ2v) is 5.61. The summed E-state index contributed by atoms with van der Waals surface area (Å²) in [6, 6.07) is 7.68. The molecule has 0 aliphatic carbocycles. The average Bonchev–Trinajstić information content (AvgIpc) is 2.51. The summed E-state index contributed by atoms with van der Waals surface area (Å²) in [4.78, 5) is 14.3. The van der Waals surface area contributed by atoms with E-state index in [0.29, 0.717) is 18.9 Å². The molecule has 0 saturated heterocycles. The zero-order valence-corrected chi connectivity index (χ0v) is 13.6. The number of nitrogens with one attached hydrogen (secondary N) is 1. The third kappa shape index (κ3) is 6.74. The third-order valence-corrected chi connectivity index (χ3v) is 3.84. The molecular weight excluding hydrogens is 262 g/mol. The number of anilines is 1. The van der Waals surface area contributed by atoms with Gasteiger partial charge >= 0.3 is 0 Å². The number of nitrogens with zero attached hydrogens (tertiary/aromatic N) is 1. The van der Waals surface area contributed by atoms with Crippen molar-refractivity contribution in [3.05, 3.63) is 29.8 Å². The fourth-order valence-electron chi connectivity index (χ4n) is 2.16. The SMILES string of the molecule is CCC(C)CN(CC)CCC(=O)Nc1ccc(CN)cc1. The van der Waals surface area contributed by atoms with Gasteiger partial charge in [0.15, 0.2) is 0 Å². The molecule has 0 aliphatic rings. The first-order chi connectivity index (χ1) is 10.1. The third-order valence-electron chi connectivity index (χ3n) is 3.84. The van der Waals surface area contributed by atoms with Gasteiger partial charge in [0.1, 0.15) is 0 Å². The van der Waals surface area contributed by atoms with Gasteiger partial charge in [-0.25, -0.2) is 0 Å². The Kier molecular flexibility index (Phi) is 8.01. The number of hydrogen-bond donors (Lipinski definition) is 2. The first-order valence-electron chi connectivity index (χ1n) is 7.90. The fraction of sp³-hybridized carbons (Fsp3) is 0.588. The summed E-state index contributed by atoms with van der Waals surface area (Å²) >= 11 is 0. The van der Waals surface area contributed by atoms with Gasteiger partial charge in [-0.1, -0.05) is 39.3 Å². The number of benzene rings is 1. The maximum absolute atomic E-state index is 12.0. The van der Waals surface area contributed by atoms with E-state index in [9.17, 15) is 4.79 Å². The first-order valence-corrected chi connectivity index (χ1v) is 7.90. The molecule has 21 heavy (non-hydrogen) atoms. The van der Waals surface area contributed by atoms with Crippen LogP contribution in [0.5, 0.6) is 0 Å². The minimum atomic E-state index is 0.0677. The van der Waals surface area contributed by atoms with Crippen molar-refractivity contribution >= 4 is 11.6 Å². The molecule has 4 heteroatoms. The number of hydrogen-bond acceptors (Lipinski definition) is 3. The molecular formula is C17H29N3O. The first kappa shape index (κ1) is 17.7. The van der Waals surface area contributed by atoms with E-state index in [1.807, 2.05) is 24.3 Å². The Bertz CT molecular complexity index is 417. The Morgan fingerprint density at radius 1 is 1.29 bits per heavy atom. The van der Waals surface area contributed by atoms with Crippen LogP contribution in [0, 0.1) is 5.92 Å². The molecule has 0 aliphatic heterocycles. The molecule has 1 atom stereocenters. The molecule has 0 spiro atoms. The van der Waals surface area contributed by atoms with Crippen LogP contribution in [0.25, 0.3) is 0 Å². The number of amides is 1. The largest absolute Gasteiger partial charge is 0.326 e. The smallest absolute Gasteiger partial charge is 0.225 e. The molecule has 0 saturated carbocycles. The highest BCUT2D eigenvalue weighted by molar-refractivity contribution is 5.90. The summed E-state index contributed by atoms with van der Waals surface area (Å²) in [5.74, 6) is 0.745. The van der Waals surface area contributed by atoms with Crippen LogP contribution in [0.1, 0.15) is 39.2 Å². The second kappa shape index (κ2) is 9.53. The molecule has 1 aromatic rings. The lowest BCUT2D eigenvalue weighted by Gasteiger charge is -2.23. The molecule has 0 aromatic heterocycles. The van der Waals surface area contributed by atoms with Crippen LogP contribution < -0.4 is 11.1 Å². The lowest BCUT2D eigenvalue weighted by Crippen LogP contribution is -2.31. The standard InChI is InChI=1S/C17H29N3O/c1-4-14(3)13-20(5-2)11-10-17(21)19-16-8-6-15(12-18)7-9-16/h6-9,14H,4-5,10-13,18H2,1-3H3,(H,19,21). The van der Waals surface area contributed by atoms with E-state index >= 15 is 0 Å². The van der Waals surface area contributed by atoms with Gasteiger partial charge in [0.2, 0.25) is 5.91 Å². The summed E-state index contributed by atoms with van der Waals surface area (Å²) in [6.45, 7) is 9.99. The predicted molar refractivity (Wildman–Crippen MR) is 89.1 cm³/mol. The maximum atomic E-state index is 12.0. The summed E-state index contributed by atoms with van der Waals surface area (Å²) < 4.78 is 0. The minimum absolute atomic E-state index is 0.0677. The van der Waals surface area contributed by atoms with Gasteiger partial charge < -0.3 is 16.0 Å². The minimum Gasteiger partial charge on any atom is -0.326 e. The summed E-state index contributed by atoms with van der Waals surface area (Å²) in [5.41, 5.74) is 7.46. The van der Waals surface area contributed by atoms with Crippen LogP contribution in [0.4, 0.5) is 5.69 Å². The Hall–Kier alpha value is -1.39. The Labute approximate surface area is 128 Å². The summed E-state index contributed by atoms with van der Waals surface area (Å²) in [7, 11) is 0. The quantitative estimate of drug-likeness (QED) is 0.735. The molecule has 0 fully saturated rings. The van der Waals surface area contributed by atoms with E-state index < -0.39 is 0 Å². The van der Waals surface area contributed by atoms with Gasteiger partial charge in [0.25, 0.3) is 0 Å². The van der Waals surface area contributed by atoms with Crippen LogP contribution in [0.15, 0.2) is 24.3 Å². The number of carbonyl (C=O) groups is 1. The molecule has 0 heterocycles. The zero-order chi connectivity index (χ0) is 15.7. The maximum Gasteiger partial charge on any atom is 0.225 e. The molecule has 0 bridgehead atoms. The highest BCUT2D eigenvalue weighted by Crippen LogP contribution is 2.10. The van der Waals surface area contributed by atoms with Crippen molar-refractivity contribution in [1.29, 1.82) is 0 Å². The van der Waals surface area contributed by atoms with Crippen molar-refractivity contribution in [3.63, 3.8) is 0 Å². The van der Waals surface area contributed by atoms with E-state index in [1.54, 1.807) is 0 Å². The van der Waals surface area contributed by atoms with Crippen molar-refractivity contribution in [2.45, 2.75) is 40.2 Å². The molecule has 1 unspecified atom stereocenters.